The predicted molar refractivity (Wildman–Crippen MR) is 137 cm³/mol. The Kier molecular flexibility index (Phi) is 5.73. The summed E-state index contributed by atoms with van der Waals surface area (Å²) in [5.41, 5.74) is 8.39. The Hall–Kier alpha value is -3.44. The fraction of sp³-hybridized carbons (Fsp3) is 0.214. The molecule has 1 fully saturated rings. The minimum atomic E-state index is -0.0196. The molecule has 2 unspecified atom stereocenters. The maximum Gasteiger partial charge on any atom is 0.170 e. The highest BCUT2D eigenvalue weighted by Crippen LogP contribution is 2.42. The molecular formula is C28H28N4S. The molecule has 4 aromatic rings. The van der Waals surface area contributed by atoms with Crippen LogP contribution in [-0.4, -0.2) is 19.6 Å². The molecule has 33 heavy (non-hydrogen) atoms. The third-order valence-corrected chi connectivity index (χ3v) is 6.79. The lowest BCUT2D eigenvalue weighted by Crippen LogP contribution is -2.29. The van der Waals surface area contributed by atoms with Gasteiger partial charge in [0.2, 0.25) is 0 Å². The number of nitrogens with one attached hydrogen (secondary N) is 1. The van der Waals surface area contributed by atoms with Gasteiger partial charge in [0.15, 0.2) is 5.11 Å². The van der Waals surface area contributed by atoms with Crippen LogP contribution < -0.4 is 5.32 Å². The first-order valence-corrected chi connectivity index (χ1v) is 11.7. The van der Waals surface area contributed by atoms with Gasteiger partial charge >= 0.3 is 0 Å². The summed E-state index contributed by atoms with van der Waals surface area (Å²) in [7, 11) is 0. The van der Waals surface area contributed by atoms with Crippen molar-refractivity contribution in [3.05, 3.63) is 119 Å². The van der Waals surface area contributed by atoms with Crippen molar-refractivity contribution < 1.29 is 0 Å². The first-order valence-electron chi connectivity index (χ1n) is 11.3. The van der Waals surface area contributed by atoms with Crippen molar-refractivity contribution in [1.29, 1.82) is 0 Å². The number of hydrogen-bond donors (Lipinski definition) is 1. The van der Waals surface area contributed by atoms with Crippen LogP contribution in [0.4, 0.5) is 0 Å². The van der Waals surface area contributed by atoms with Crippen LogP contribution >= 0.6 is 12.2 Å². The van der Waals surface area contributed by atoms with Gasteiger partial charge in [-0.05, 0) is 80.0 Å². The van der Waals surface area contributed by atoms with Gasteiger partial charge in [-0.25, -0.2) is 0 Å². The van der Waals surface area contributed by atoms with Gasteiger partial charge in [0.1, 0.15) is 0 Å². The maximum atomic E-state index is 5.87. The van der Waals surface area contributed by atoms with Crippen molar-refractivity contribution in [3.63, 3.8) is 0 Å². The van der Waals surface area contributed by atoms with Gasteiger partial charge in [0, 0.05) is 29.8 Å². The summed E-state index contributed by atoms with van der Waals surface area (Å²) in [6.07, 6.45) is 1.85. The molecule has 0 amide bonds. The van der Waals surface area contributed by atoms with Crippen LogP contribution in [0.3, 0.4) is 0 Å². The average molecular weight is 453 g/mol. The van der Waals surface area contributed by atoms with Crippen LogP contribution in [-0.2, 0) is 6.54 Å². The van der Waals surface area contributed by atoms with Crippen LogP contribution in [0, 0.1) is 20.8 Å². The van der Waals surface area contributed by atoms with Gasteiger partial charge in [-0.15, -0.1) is 0 Å². The first-order chi connectivity index (χ1) is 16.0. The van der Waals surface area contributed by atoms with E-state index in [2.05, 4.69) is 101 Å². The predicted octanol–water partition coefficient (Wildman–Crippen LogP) is 5.97. The highest BCUT2D eigenvalue weighted by atomic mass is 32.1. The zero-order valence-electron chi connectivity index (χ0n) is 19.2. The van der Waals surface area contributed by atoms with Crippen molar-refractivity contribution in [2.45, 2.75) is 39.4 Å². The molecule has 4 nitrogen and oxygen atoms in total. The summed E-state index contributed by atoms with van der Waals surface area (Å²) in [6.45, 7) is 7.27. The van der Waals surface area contributed by atoms with Crippen molar-refractivity contribution in [3.8, 4) is 5.69 Å². The number of aryl methyl sites for hydroxylation is 2. The number of thiocarbonyl (C=S) groups is 1. The molecule has 1 N–H and O–H groups in total. The van der Waals surface area contributed by atoms with E-state index >= 15 is 0 Å². The molecule has 2 aromatic carbocycles. The molecule has 1 aliphatic heterocycles. The van der Waals surface area contributed by atoms with E-state index in [1.165, 1.54) is 33.8 Å². The summed E-state index contributed by atoms with van der Waals surface area (Å²) in [5.74, 6) is 0. The topological polar surface area (TPSA) is 33.1 Å². The molecule has 2 aromatic heterocycles. The molecule has 2 atom stereocenters. The summed E-state index contributed by atoms with van der Waals surface area (Å²) < 4.78 is 2.35. The number of rotatable bonds is 5. The van der Waals surface area contributed by atoms with Crippen molar-refractivity contribution >= 4 is 17.3 Å². The van der Waals surface area contributed by atoms with Gasteiger partial charge in [-0.1, -0.05) is 48.5 Å². The minimum Gasteiger partial charge on any atom is -0.352 e. The Morgan fingerprint density at radius 2 is 1.70 bits per heavy atom. The van der Waals surface area contributed by atoms with Crippen LogP contribution in [0.1, 0.15) is 45.9 Å². The lowest BCUT2D eigenvalue weighted by Gasteiger charge is -2.28. The van der Waals surface area contributed by atoms with Gasteiger partial charge < -0.3 is 14.8 Å². The highest BCUT2D eigenvalue weighted by Gasteiger charge is 2.41. The summed E-state index contributed by atoms with van der Waals surface area (Å²) >= 11 is 5.87. The number of pyridine rings is 1. The molecular weight excluding hydrogens is 424 g/mol. The Morgan fingerprint density at radius 1 is 0.909 bits per heavy atom. The number of aromatic nitrogens is 2. The summed E-state index contributed by atoms with van der Waals surface area (Å²) in [5, 5.41) is 4.34. The van der Waals surface area contributed by atoms with Gasteiger partial charge in [-0.3, -0.25) is 4.98 Å². The van der Waals surface area contributed by atoms with Gasteiger partial charge in [0.25, 0.3) is 0 Å². The Morgan fingerprint density at radius 3 is 2.42 bits per heavy atom. The molecule has 166 valence electrons. The highest BCUT2D eigenvalue weighted by molar-refractivity contribution is 7.80. The monoisotopic (exact) mass is 452 g/mol. The standard InChI is InChI=1S/C28H28N4S/c1-19-10-9-13-23(16-19)32-20(2)17-24(21(32)3)27-26(25-14-7-8-15-29-25)30-28(33)31(27)18-22-11-5-4-6-12-22/h4-17,26-27H,18H2,1-3H3,(H,30,33). The SMILES string of the molecule is Cc1cccc(-n2c(C)cc(C3C(c4ccccn4)NC(=S)N3Cc3ccccc3)c2C)c1. The van der Waals surface area contributed by atoms with Gasteiger partial charge in [0.05, 0.1) is 17.8 Å². The Balaban J connectivity index is 1.62. The van der Waals surface area contributed by atoms with E-state index in [9.17, 15) is 0 Å². The van der Waals surface area contributed by atoms with Crippen LogP contribution in [0.25, 0.3) is 5.69 Å². The molecule has 1 saturated heterocycles. The van der Waals surface area contributed by atoms with Crippen LogP contribution in [0.2, 0.25) is 0 Å². The Bertz CT molecular complexity index is 1280. The van der Waals surface area contributed by atoms with E-state index < -0.39 is 0 Å². The van der Waals surface area contributed by atoms with E-state index in [4.69, 9.17) is 12.2 Å². The molecule has 1 aliphatic rings. The fourth-order valence-electron chi connectivity index (χ4n) is 4.95. The lowest BCUT2D eigenvalue weighted by atomic mass is 9.96. The van der Waals surface area contributed by atoms with E-state index in [-0.39, 0.29) is 12.1 Å². The first kappa shape index (κ1) is 21.4. The number of hydrogen-bond acceptors (Lipinski definition) is 2. The second-order valence-corrected chi connectivity index (χ2v) is 9.13. The molecule has 5 heteroatoms. The molecule has 0 bridgehead atoms. The smallest absolute Gasteiger partial charge is 0.170 e. The van der Waals surface area contributed by atoms with E-state index in [1.54, 1.807) is 0 Å². The largest absolute Gasteiger partial charge is 0.352 e. The maximum absolute atomic E-state index is 5.87. The van der Waals surface area contributed by atoms with Crippen LogP contribution in [0.15, 0.2) is 85.1 Å². The normalized spacial score (nSPS) is 17.9. The second kappa shape index (κ2) is 8.83. The molecule has 0 saturated carbocycles. The number of nitrogens with zero attached hydrogens (tertiary/aromatic N) is 3. The van der Waals surface area contributed by atoms with Crippen molar-refractivity contribution in [2.24, 2.45) is 0 Å². The lowest BCUT2D eigenvalue weighted by molar-refractivity contribution is 0.310. The zero-order chi connectivity index (χ0) is 22.9. The van der Waals surface area contributed by atoms with Crippen molar-refractivity contribution in [2.75, 3.05) is 0 Å². The third kappa shape index (κ3) is 4.05. The second-order valence-electron chi connectivity index (χ2n) is 8.74. The zero-order valence-corrected chi connectivity index (χ0v) is 20.0. The summed E-state index contributed by atoms with van der Waals surface area (Å²) in [4.78, 5) is 7.00. The van der Waals surface area contributed by atoms with Gasteiger partial charge in [-0.2, -0.15) is 0 Å². The fourth-order valence-corrected chi connectivity index (χ4v) is 5.25. The van der Waals surface area contributed by atoms with E-state index in [1.807, 2.05) is 24.4 Å². The Labute approximate surface area is 200 Å². The number of benzene rings is 2. The molecule has 0 aliphatic carbocycles. The van der Waals surface area contributed by atoms with E-state index in [0.29, 0.717) is 0 Å². The molecule has 3 heterocycles. The average Bonchev–Trinajstić information content (AvgIpc) is 3.30. The molecule has 5 rings (SSSR count). The van der Waals surface area contributed by atoms with Crippen molar-refractivity contribution in [1.82, 2.24) is 19.8 Å². The third-order valence-electron chi connectivity index (χ3n) is 6.44. The quantitative estimate of drug-likeness (QED) is 0.378. The summed E-state index contributed by atoms with van der Waals surface area (Å²) in [6, 6.07) is 27.6. The van der Waals surface area contributed by atoms with E-state index in [0.717, 1.165) is 17.4 Å². The minimum absolute atomic E-state index is 0.0196. The molecule has 0 spiro atoms. The van der Waals surface area contributed by atoms with Crippen LogP contribution in [0.5, 0.6) is 0 Å². The molecule has 0 radical (unpaired) electrons.